The summed E-state index contributed by atoms with van der Waals surface area (Å²) in [5, 5.41) is 2.60. The third-order valence-corrected chi connectivity index (χ3v) is 6.44. The van der Waals surface area contributed by atoms with Gasteiger partial charge in [0.15, 0.2) is 16.4 Å². The maximum atomic E-state index is 12.9. The van der Waals surface area contributed by atoms with Crippen molar-refractivity contribution >= 4 is 50.3 Å². The highest BCUT2D eigenvalue weighted by atomic mass is 32.1. The van der Waals surface area contributed by atoms with Gasteiger partial charge in [0.05, 0.1) is 12.7 Å². The van der Waals surface area contributed by atoms with Crippen LogP contribution in [-0.4, -0.2) is 28.6 Å². The van der Waals surface area contributed by atoms with Crippen LogP contribution in [-0.2, 0) is 0 Å². The molecule has 32 heavy (non-hydrogen) atoms. The monoisotopic (exact) mass is 438 g/mol. The van der Waals surface area contributed by atoms with E-state index in [9.17, 15) is 9.59 Å². The van der Waals surface area contributed by atoms with Gasteiger partial charge in [0, 0.05) is 22.8 Å². The van der Waals surface area contributed by atoms with Crippen molar-refractivity contribution in [3.05, 3.63) is 83.3 Å². The smallest absolute Gasteiger partial charge is 0.259 e. The second-order valence-electron chi connectivity index (χ2n) is 7.37. The number of aromatic nitrogens is 2. The number of hydrogen-bond acceptors (Lipinski definition) is 7. The van der Waals surface area contributed by atoms with Crippen LogP contribution in [0.1, 0.15) is 26.6 Å². The van der Waals surface area contributed by atoms with E-state index in [0.29, 0.717) is 21.7 Å². The fourth-order valence-corrected chi connectivity index (χ4v) is 4.72. The second kappa shape index (κ2) is 6.96. The van der Waals surface area contributed by atoms with Crippen LogP contribution in [0, 0.1) is 0 Å². The Morgan fingerprint density at radius 3 is 2.16 bits per heavy atom. The maximum Gasteiger partial charge on any atom is 0.259 e. The molecule has 0 N–H and O–H groups in total. The summed E-state index contributed by atoms with van der Waals surface area (Å²) < 4.78 is 10.9. The standard InChI is InChI=1S/C25H14N2O4S/c1-30-16-8-6-13(7-9-16)24-27-23-25(32-24)26-20(31-23)12-19-21(28)17-10-14-4-2-3-5-15(14)11-18(17)22(19)29/h2-12H,1H3. The van der Waals surface area contributed by atoms with Gasteiger partial charge in [-0.05, 0) is 47.2 Å². The number of methoxy groups -OCH3 is 1. The molecule has 7 heteroatoms. The summed E-state index contributed by atoms with van der Waals surface area (Å²) in [7, 11) is 1.62. The highest BCUT2D eigenvalue weighted by molar-refractivity contribution is 7.21. The fourth-order valence-electron chi connectivity index (χ4n) is 3.84. The lowest BCUT2D eigenvalue weighted by molar-refractivity contribution is 0.0990. The molecule has 2 aromatic heterocycles. The zero-order chi connectivity index (χ0) is 21.8. The topological polar surface area (TPSA) is 82.3 Å². The second-order valence-corrected chi connectivity index (χ2v) is 8.35. The largest absolute Gasteiger partial charge is 0.497 e. The predicted octanol–water partition coefficient (Wildman–Crippen LogP) is 5.58. The number of thiazole rings is 1. The Morgan fingerprint density at radius 1 is 0.906 bits per heavy atom. The minimum Gasteiger partial charge on any atom is -0.497 e. The predicted molar refractivity (Wildman–Crippen MR) is 122 cm³/mol. The number of allylic oxidation sites excluding steroid dienone is 1. The van der Waals surface area contributed by atoms with Crippen LogP contribution in [0.5, 0.6) is 5.75 Å². The molecule has 3 aromatic carbocycles. The number of ketones is 2. The van der Waals surface area contributed by atoms with Crippen molar-refractivity contribution in [3.8, 4) is 16.3 Å². The minimum absolute atomic E-state index is 0.0552. The summed E-state index contributed by atoms with van der Waals surface area (Å²) in [5.74, 6) is 0.322. The molecule has 0 unspecified atom stereocenters. The first-order valence-corrected chi connectivity index (χ1v) is 10.7. The molecule has 0 spiro atoms. The van der Waals surface area contributed by atoms with Gasteiger partial charge < -0.3 is 9.15 Å². The lowest BCUT2D eigenvalue weighted by atomic mass is 10.0. The molecule has 154 valence electrons. The van der Waals surface area contributed by atoms with Gasteiger partial charge in [-0.3, -0.25) is 9.59 Å². The SMILES string of the molecule is COc1ccc(-c2nc3oc(C=C4C(=O)c5cc6ccccc6cc5C4=O)nc3s2)cc1. The summed E-state index contributed by atoms with van der Waals surface area (Å²) in [6.07, 6.45) is 1.41. The number of carbonyl (C=O) groups is 2. The van der Waals surface area contributed by atoms with Crippen molar-refractivity contribution in [1.29, 1.82) is 0 Å². The van der Waals surface area contributed by atoms with Crippen molar-refractivity contribution in [3.63, 3.8) is 0 Å². The van der Waals surface area contributed by atoms with E-state index in [1.165, 1.54) is 17.4 Å². The Balaban J connectivity index is 1.35. The van der Waals surface area contributed by atoms with E-state index in [4.69, 9.17) is 9.15 Å². The Kier molecular flexibility index (Phi) is 4.06. The van der Waals surface area contributed by atoms with Crippen molar-refractivity contribution < 1.29 is 18.7 Å². The van der Waals surface area contributed by atoms with E-state index in [-0.39, 0.29) is 23.0 Å². The van der Waals surface area contributed by atoms with Crippen LogP contribution < -0.4 is 4.74 Å². The van der Waals surface area contributed by atoms with Crippen molar-refractivity contribution in [2.75, 3.05) is 7.11 Å². The van der Waals surface area contributed by atoms with E-state index in [1.54, 1.807) is 19.2 Å². The van der Waals surface area contributed by atoms with Gasteiger partial charge in [-0.1, -0.05) is 35.6 Å². The molecule has 0 amide bonds. The molecular formula is C25H14N2O4S. The van der Waals surface area contributed by atoms with Gasteiger partial charge in [-0.2, -0.15) is 9.97 Å². The number of oxazole rings is 1. The number of ether oxygens (including phenoxy) is 1. The van der Waals surface area contributed by atoms with Gasteiger partial charge in [0.25, 0.3) is 5.71 Å². The first-order valence-electron chi connectivity index (χ1n) is 9.86. The summed E-state index contributed by atoms with van der Waals surface area (Å²) in [4.78, 5) is 35.4. The van der Waals surface area contributed by atoms with E-state index in [0.717, 1.165) is 27.1 Å². The summed E-state index contributed by atoms with van der Waals surface area (Å²) >= 11 is 1.38. The number of fused-ring (bicyclic) bond motifs is 3. The quantitative estimate of drug-likeness (QED) is 0.270. The molecule has 2 heterocycles. The highest BCUT2D eigenvalue weighted by Crippen LogP contribution is 2.34. The summed E-state index contributed by atoms with van der Waals surface area (Å²) in [5.41, 5.74) is 2.17. The lowest BCUT2D eigenvalue weighted by Gasteiger charge is -2.00. The lowest BCUT2D eigenvalue weighted by Crippen LogP contribution is -2.00. The average Bonchev–Trinajstić information content (AvgIpc) is 3.45. The van der Waals surface area contributed by atoms with Gasteiger partial charge in [-0.15, -0.1) is 0 Å². The fraction of sp³-hybridized carbons (Fsp3) is 0.0400. The van der Waals surface area contributed by atoms with Gasteiger partial charge >= 0.3 is 0 Å². The van der Waals surface area contributed by atoms with Crippen molar-refractivity contribution in [2.24, 2.45) is 0 Å². The Labute approximate surface area is 185 Å². The highest BCUT2D eigenvalue weighted by Gasteiger charge is 2.34. The molecule has 6 rings (SSSR count). The molecule has 1 aliphatic carbocycles. The molecule has 0 saturated heterocycles. The average molecular weight is 438 g/mol. The number of nitrogens with zero attached hydrogens (tertiary/aromatic N) is 2. The van der Waals surface area contributed by atoms with Gasteiger partial charge in [0.1, 0.15) is 10.8 Å². The molecule has 5 aromatic rings. The van der Waals surface area contributed by atoms with E-state index in [2.05, 4.69) is 9.97 Å². The van der Waals surface area contributed by atoms with Gasteiger partial charge in [-0.25, -0.2) is 0 Å². The minimum atomic E-state index is -0.316. The normalized spacial score (nSPS) is 13.2. The van der Waals surface area contributed by atoms with Crippen LogP contribution in [0.2, 0.25) is 0 Å². The van der Waals surface area contributed by atoms with Crippen molar-refractivity contribution in [1.82, 2.24) is 9.97 Å². The Morgan fingerprint density at radius 2 is 1.56 bits per heavy atom. The first kappa shape index (κ1) is 18.7. The van der Waals surface area contributed by atoms with Crippen LogP contribution in [0.4, 0.5) is 0 Å². The molecule has 1 aliphatic rings. The Bertz CT molecular complexity index is 1500. The number of benzene rings is 3. The van der Waals surface area contributed by atoms with E-state index in [1.807, 2.05) is 48.5 Å². The number of rotatable bonds is 3. The Hall–Kier alpha value is -4.10. The third-order valence-electron chi connectivity index (χ3n) is 5.46. The number of hydrogen-bond donors (Lipinski definition) is 0. The molecule has 0 radical (unpaired) electrons. The van der Waals surface area contributed by atoms with Crippen molar-refractivity contribution in [2.45, 2.75) is 0 Å². The molecular weight excluding hydrogens is 424 g/mol. The zero-order valence-corrected chi connectivity index (χ0v) is 17.6. The van der Waals surface area contributed by atoms with E-state index >= 15 is 0 Å². The maximum absolute atomic E-state index is 12.9. The first-order chi connectivity index (χ1) is 15.6. The molecule has 0 bridgehead atoms. The molecule has 0 saturated carbocycles. The number of carbonyl (C=O) groups excluding carboxylic acids is 2. The molecule has 0 fully saturated rings. The molecule has 0 aliphatic heterocycles. The van der Waals surface area contributed by atoms with Gasteiger partial charge in [0.2, 0.25) is 5.89 Å². The number of Topliss-reactive ketones (excluding diaryl/α,β-unsaturated/α-hetero) is 2. The zero-order valence-electron chi connectivity index (χ0n) is 16.8. The molecule has 0 atom stereocenters. The summed E-state index contributed by atoms with van der Waals surface area (Å²) in [6.45, 7) is 0. The van der Waals surface area contributed by atoms with Crippen LogP contribution >= 0.6 is 11.3 Å². The van der Waals surface area contributed by atoms with E-state index < -0.39 is 0 Å². The van der Waals surface area contributed by atoms with Crippen LogP contribution in [0.25, 0.3) is 38.0 Å². The van der Waals surface area contributed by atoms with Crippen LogP contribution in [0.15, 0.2) is 70.7 Å². The molecule has 6 nitrogen and oxygen atoms in total. The third kappa shape index (κ3) is 2.86. The van der Waals surface area contributed by atoms with Crippen LogP contribution in [0.3, 0.4) is 0 Å². The summed E-state index contributed by atoms with van der Waals surface area (Å²) in [6, 6.07) is 18.7.